The molecule has 3 aromatic carbocycles. The number of fused-ring (bicyclic) bond motifs is 1. The molecule has 0 aromatic heterocycles. The Morgan fingerprint density at radius 2 is 1.73 bits per heavy atom. The normalized spacial score (nSPS) is 10.5. The van der Waals surface area contributed by atoms with Crippen LogP contribution in [0, 0.1) is 0 Å². The van der Waals surface area contributed by atoms with Gasteiger partial charge in [0, 0.05) is 6.07 Å². The van der Waals surface area contributed by atoms with E-state index < -0.39 is 5.97 Å². The molecule has 0 atom stereocenters. The number of phenols is 2. The zero-order valence-corrected chi connectivity index (χ0v) is 11.7. The summed E-state index contributed by atoms with van der Waals surface area (Å²) in [7, 11) is 0. The molecule has 0 fully saturated rings. The van der Waals surface area contributed by atoms with E-state index in [1.165, 1.54) is 12.1 Å². The minimum atomic E-state index is -0.634. The second kappa shape index (κ2) is 5.77. The third-order valence-corrected chi connectivity index (χ3v) is 3.44. The summed E-state index contributed by atoms with van der Waals surface area (Å²) in [5.74, 6) is -1.04. The van der Waals surface area contributed by atoms with E-state index >= 15 is 0 Å². The average molecular weight is 294 g/mol. The average Bonchev–Trinajstić information content (AvgIpc) is 2.52. The second-order valence-corrected chi connectivity index (χ2v) is 4.92. The lowest BCUT2D eigenvalue weighted by Crippen LogP contribution is -2.05. The number of rotatable bonds is 3. The first-order valence-electron chi connectivity index (χ1n) is 6.81. The zero-order valence-electron chi connectivity index (χ0n) is 11.7. The van der Waals surface area contributed by atoms with E-state index in [1.54, 1.807) is 0 Å². The Bertz CT molecular complexity index is 834. The molecule has 0 aliphatic carbocycles. The van der Waals surface area contributed by atoms with E-state index in [0.717, 1.165) is 22.4 Å². The van der Waals surface area contributed by atoms with Crippen LogP contribution >= 0.6 is 0 Å². The molecule has 0 amide bonds. The SMILES string of the molecule is O=C(OCc1cccc2ccccc12)c1ccc(O)cc1O. The van der Waals surface area contributed by atoms with Crippen LogP contribution in [0.3, 0.4) is 0 Å². The monoisotopic (exact) mass is 294 g/mol. The maximum atomic E-state index is 12.0. The molecule has 0 saturated heterocycles. The van der Waals surface area contributed by atoms with Crippen LogP contribution in [0.15, 0.2) is 60.7 Å². The number of carbonyl (C=O) groups excluding carboxylic acids is 1. The molecule has 4 nitrogen and oxygen atoms in total. The summed E-state index contributed by atoms with van der Waals surface area (Å²) in [4.78, 5) is 12.0. The third-order valence-electron chi connectivity index (χ3n) is 3.44. The lowest BCUT2D eigenvalue weighted by Gasteiger charge is -2.09. The van der Waals surface area contributed by atoms with Gasteiger partial charge in [-0.2, -0.15) is 0 Å². The van der Waals surface area contributed by atoms with Crippen LogP contribution in [0.5, 0.6) is 11.5 Å². The fraction of sp³-hybridized carbons (Fsp3) is 0.0556. The van der Waals surface area contributed by atoms with Crippen molar-refractivity contribution >= 4 is 16.7 Å². The molecule has 3 rings (SSSR count). The van der Waals surface area contributed by atoms with Gasteiger partial charge in [-0.3, -0.25) is 0 Å². The highest BCUT2D eigenvalue weighted by atomic mass is 16.5. The highest BCUT2D eigenvalue weighted by Crippen LogP contribution is 2.24. The maximum Gasteiger partial charge on any atom is 0.342 e. The lowest BCUT2D eigenvalue weighted by atomic mass is 10.1. The number of phenolic OH excluding ortho intramolecular Hbond substituents is 2. The van der Waals surface area contributed by atoms with Gasteiger partial charge in [-0.25, -0.2) is 4.79 Å². The van der Waals surface area contributed by atoms with E-state index in [2.05, 4.69) is 0 Å². The van der Waals surface area contributed by atoms with Gasteiger partial charge in [0.2, 0.25) is 0 Å². The minimum absolute atomic E-state index is 0.0260. The first-order chi connectivity index (χ1) is 10.6. The predicted octanol–water partition coefficient (Wildman–Crippen LogP) is 3.61. The number of benzene rings is 3. The minimum Gasteiger partial charge on any atom is -0.508 e. The topological polar surface area (TPSA) is 66.8 Å². The Morgan fingerprint density at radius 3 is 2.55 bits per heavy atom. The van der Waals surface area contributed by atoms with Gasteiger partial charge >= 0.3 is 5.97 Å². The molecule has 110 valence electrons. The molecular formula is C18H14O4. The largest absolute Gasteiger partial charge is 0.508 e. The molecule has 0 unspecified atom stereocenters. The standard InChI is InChI=1S/C18H14O4/c19-14-8-9-16(17(20)10-14)18(21)22-11-13-6-3-5-12-4-1-2-7-15(12)13/h1-10,19-20H,11H2. The summed E-state index contributed by atoms with van der Waals surface area (Å²) in [5.41, 5.74) is 0.919. The third kappa shape index (κ3) is 2.72. The summed E-state index contributed by atoms with van der Waals surface area (Å²) in [6, 6.07) is 17.4. The van der Waals surface area contributed by atoms with E-state index in [4.69, 9.17) is 4.74 Å². The first-order valence-corrected chi connectivity index (χ1v) is 6.81. The maximum absolute atomic E-state index is 12.0. The number of carbonyl (C=O) groups is 1. The number of hydrogen-bond acceptors (Lipinski definition) is 4. The summed E-state index contributed by atoms with van der Waals surface area (Å²) >= 11 is 0. The van der Waals surface area contributed by atoms with Crippen LogP contribution in [-0.4, -0.2) is 16.2 Å². The Labute approximate surface area is 127 Å². The van der Waals surface area contributed by atoms with E-state index in [9.17, 15) is 15.0 Å². The number of esters is 1. The summed E-state index contributed by atoms with van der Waals surface area (Å²) in [5, 5.41) is 21.0. The van der Waals surface area contributed by atoms with Crippen molar-refractivity contribution < 1.29 is 19.7 Å². The Kier molecular flexibility index (Phi) is 3.66. The Balaban J connectivity index is 1.80. The molecule has 4 heteroatoms. The molecule has 0 aliphatic rings. The summed E-state index contributed by atoms with van der Waals surface area (Å²) in [6.07, 6.45) is 0. The van der Waals surface area contributed by atoms with E-state index in [0.29, 0.717) is 0 Å². The fourth-order valence-corrected chi connectivity index (χ4v) is 2.33. The molecule has 0 aliphatic heterocycles. The lowest BCUT2D eigenvalue weighted by molar-refractivity contribution is 0.0471. The second-order valence-electron chi connectivity index (χ2n) is 4.92. The smallest absolute Gasteiger partial charge is 0.342 e. The van der Waals surface area contributed by atoms with Crippen LogP contribution in [0.4, 0.5) is 0 Å². The molecule has 22 heavy (non-hydrogen) atoms. The van der Waals surface area contributed by atoms with Gasteiger partial charge in [0.25, 0.3) is 0 Å². The molecule has 0 spiro atoms. The van der Waals surface area contributed by atoms with Crippen molar-refractivity contribution in [3.63, 3.8) is 0 Å². The van der Waals surface area contributed by atoms with Crippen molar-refractivity contribution in [3.8, 4) is 11.5 Å². The number of hydrogen-bond donors (Lipinski definition) is 2. The van der Waals surface area contributed by atoms with E-state index in [1.807, 2.05) is 42.5 Å². The molecule has 0 radical (unpaired) electrons. The van der Waals surface area contributed by atoms with Gasteiger partial charge in [-0.15, -0.1) is 0 Å². The van der Waals surface area contributed by atoms with Gasteiger partial charge in [0.15, 0.2) is 0 Å². The Hall–Kier alpha value is -3.01. The Morgan fingerprint density at radius 1 is 0.955 bits per heavy atom. The molecule has 0 saturated carbocycles. The fourth-order valence-electron chi connectivity index (χ4n) is 2.33. The van der Waals surface area contributed by atoms with E-state index in [-0.39, 0.29) is 23.7 Å². The van der Waals surface area contributed by atoms with Crippen LogP contribution in [0.1, 0.15) is 15.9 Å². The van der Waals surface area contributed by atoms with Crippen LogP contribution < -0.4 is 0 Å². The van der Waals surface area contributed by atoms with Crippen LogP contribution in [0.2, 0.25) is 0 Å². The van der Waals surface area contributed by atoms with Gasteiger partial charge < -0.3 is 14.9 Å². The number of aromatic hydroxyl groups is 2. The van der Waals surface area contributed by atoms with Crippen molar-refractivity contribution in [3.05, 3.63) is 71.8 Å². The first kappa shape index (κ1) is 13.9. The quantitative estimate of drug-likeness (QED) is 0.724. The van der Waals surface area contributed by atoms with Crippen molar-refractivity contribution in [2.75, 3.05) is 0 Å². The highest BCUT2D eigenvalue weighted by molar-refractivity contribution is 5.93. The van der Waals surface area contributed by atoms with Gasteiger partial charge in [-0.1, -0.05) is 42.5 Å². The predicted molar refractivity (Wildman–Crippen MR) is 82.8 cm³/mol. The highest BCUT2D eigenvalue weighted by Gasteiger charge is 2.13. The molecule has 2 N–H and O–H groups in total. The molecule has 0 bridgehead atoms. The van der Waals surface area contributed by atoms with Crippen molar-refractivity contribution in [1.29, 1.82) is 0 Å². The van der Waals surface area contributed by atoms with Crippen molar-refractivity contribution in [1.82, 2.24) is 0 Å². The van der Waals surface area contributed by atoms with Gasteiger partial charge in [0.05, 0.1) is 0 Å². The van der Waals surface area contributed by atoms with Crippen LogP contribution in [0.25, 0.3) is 10.8 Å². The molecule has 3 aromatic rings. The van der Waals surface area contributed by atoms with Gasteiger partial charge in [-0.05, 0) is 28.5 Å². The van der Waals surface area contributed by atoms with Crippen molar-refractivity contribution in [2.24, 2.45) is 0 Å². The zero-order chi connectivity index (χ0) is 15.5. The number of ether oxygens (including phenoxy) is 1. The van der Waals surface area contributed by atoms with Crippen molar-refractivity contribution in [2.45, 2.75) is 6.61 Å². The molecule has 0 heterocycles. The molecular weight excluding hydrogens is 280 g/mol. The summed E-state index contributed by atoms with van der Waals surface area (Å²) < 4.78 is 5.26. The summed E-state index contributed by atoms with van der Waals surface area (Å²) in [6.45, 7) is 0.112. The van der Waals surface area contributed by atoms with Gasteiger partial charge in [0.1, 0.15) is 23.7 Å². The van der Waals surface area contributed by atoms with Crippen LogP contribution in [-0.2, 0) is 11.3 Å².